The molecule has 1 unspecified atom stereocenters. The number of rotatable bonds is 9. The van der Waals surface area contributed by atoms with Crippen LogP contribution < -0.4 is 5.32 Å². The fourth-order valence-corrected chi connectivity index (χ4v) is 4.27. The van der Waals surface area contributed by atoms with Crippen LogP contribution in [0.3, 0.4) is 0 Å². The third kappa shape index (κ3) is 6.46. The molecule has 0 saturated heterocycles. The van der Waals surface area contributed by atoms with Crippen LogP contribution in [-0.2, 0) is 15.3 Å². The van der Waals surface area contributed by atoms with Crippen molar-refractivity contribution in [3.05, 3.63) is 46.5 Å². The van der Waals surface area contributed by atoms with Gasteiger partial charge in [0, 0.05) is 22.9 Å². The van der Waals surface area contributed by atoms with Gasteiger partial charge in [-0.2, -0.15) is 0 Å². The normalized spacial score (nSPS) is 11.8. The number of benzene rings is 1. The fourth-order valence-electron chi connectivity index (χ4n) is 2.41. The maximum Gasteiger partial charge on any atom is 0.338 e. The van der Waals surface area contributed by atoms with E-state index in [1.807, 2.05) is 31.4 Å². The minimum atomic E-state index is -0.477. The number of thioether (sulfide) groups is 1. The van der Waals surface area contributed by atoms with Crippen molar-refractivity contribution in [2.75, 3.05) is 6.61 Å². The molecule has 140 valence electrons. The van der Waals surface area contributed by atoms with Gasteiger partial charge in [0.25, 0.3) is 5.91 Å². The molecule has 2 aromatic rings. The van der Waals surface area contributed by atoms with E-state index in [4.69, 9.17) is 4.74 Å². The maximum atomic E-state index is 12.4. The van der Waals surface area contributed by atoms with Gasteiger partial charge in [0.05, 0.1) is 5.56 Å². The van der Waals surface area contributed by atoms with Gasteiger partial charge < -0.3 is 10.1 Å². The molecule has 1 atom stereocenters. The van der Waals surface area contributed by atoms with E-state index in [1.165, 1.54) is 0 Å². The van der Waals surface area contributed by atoms with Crippen LogP contribution in [-0.4, -0.2) is 29.5 Å². The Morgan fingerprint density at radius 3 is 2.81 bits per heavy atom. The Bertz CT molecular complexity index is 746. The summed E-state index contributed by atoms with van der Waals surface area (Å²) in [6, 6.07) is 7.38. The Labute approximate surface area is 162 Å². The molecule has 1 aromatic carbocycles. The third-order valence-corrected chi connectivity index (χ3v) is 5.84. The summed E-state index contributed by atoms with van der Waals surface area (Å²) in [5.41, 5.74) is 2.35. The minimum absolute atomic E-state index is 0.0802. The van der Waals surface area contributed by atoms with E-state index in [-0.39, 0.29) is 18.6 Å². The number of hydrogen-bond donors (Lipinski definition) is 1. The number of amides is 1. The molecular formula is C19H24N2O3S2. The van der Waals surface area contributed by atoms with Crippen LogP contribution in [0.15, 0.2) is 34.0 Å². The molecule has 0 radical (unpaired) electrons. The Hall–Kier alpha value is -1.86. The molecule has 0 fully saturated rings. The van der Waals surface area contributed by atoms with Crippen molar-refractivity contribution < 1.29 is 14.3 Å². The van der Waals surface area contributed by atoms with E-state index in [9.17, 15) is 9.59 Å². The highest BCUT2D eigenvalue weighted by atomic mass is 32.2. The second kappa shape index (κ2) is 10.3. The van der Waals surface area contributed by atoms with E-state index < -0.39 is 5.97 Å². The molecular weight excluding hydrogens is 368 g/mol. The summed E-state index contributed by atoms with van der Waals surface area (Å²) in [6.07, 6.45) is 1.89. The van der Waals surface area contributed by atoms with Crippen LogP contribution in [0.1, 0.15) is 48.3 Å². The summed E-state index contributed by atoms with van der Waals surface area (Å²) < 4.78 is 6.16. The zero-order chi connectivity index (χ0) is 18.9. The molecule has 7 heteroatoms. The van der Waals surface area contributed by atoms with Gasteiger partial charge in [-0.3, -0.25) is 4.79 Å². The monoisotopic (exact) mass is 392 g/mol. The lowest BCUT2D eigenvalue weighted by molar-refractivity contribution is -0.124. The number of esters is 1. The smallest absolute Gasteiger partial charge is 0.338 e. The van der Waals surface area contributed by atoms with Crippen LogP contribution in [0.5, 0.6) is 0 Å². The van der Waals surface area contributed by atoms with Crippen molar-refractivity contribution in [3.8, 4) is 0 Å². The van der Waals surface area contributed by atoms with Gasteiger partial charge in [-0.1, -0.05) is 43.3 Å². The standard InChI is InChI=1S/C19H24N2O3S2/c1-4-7-13(2)20-17(22)10-24-18(23)16-9-6-5-8-15(16)12-26-19-21-14(3)11-25-19/h5-6,8-9,11,13H,4,7,10,12H2,1-3H3,(H,20,22). The average Bonchev–Trinajstić information content (AvgIpc) is 3.03. The summed E-state index contributed by atoms with van der Waals surface area (Å²) in [7, 11) is 0. The quantitative estimate of drug-likeness (QED) is 0.511. The minimum Gasteiger partial charge on any atom is -0.452 e. The van der Waals surface area contributed by atoms with Crippen molar-refractivity contribution in [1.29, 1.82) is 0 Å². The van der Waals surface area contributed by atoms with E-state index in [0.29, 0.717) is 11.3 Å². The highest BCUT2D eigenvalue weighted by molar-refractivity contribution is 8.00. The molecule has 1 N–H and O–H groups in total. The predicted octanol–water partition coefficient (Wildman–Crippen LogP) is 4.21. The summed E-state index contributed by atoms with van der Waals surface area (Å²) in [5.74, 6) is -0.128. The third-order valence-electron chi connectivity index (χ3n) is 3.65. The first-order chi connectivity index (χ1) is 12.5. The first kappa shape index (κ1) is 20.5. The Balaban J connectivity index is 1.91. The number of carbonyl (C=O) groups is 2. The summed E-state index contributed by atoms with van der Waals surface area (Å²) in [5, 5.41) is 4.82. The molecule has 0 saturated carbocycles. The highest BCUT2D eigenvalue weighted by Gasteiger charge is 2.15. The van der Waals surface area contributed by atoms with Gasteiger partial charge in [-0.15, -0.1) is 11.3 Å². The van der Waals surface area contributed by atoms with E-state index >= 15 is 0 Å². The van der Waals surface area contributed by atoms with Crippen LogP contribution in [0, 0.1) is 6.92 Å². The highest BCUT2D eigenvalue weighted by Crippen LogP contribution is 2.27. The van der Waals surface area contributed by atoms with Crippen LogP contribution in [0.2, 0.25) is 0 Å². The van der Waals surface area contributed by atoms with Crippen LogP contribution in [0.25, 0.3) is 0 Å². The summed E-state index contributed by atoms with van der Waals surface area (Å²) in [4.78, 5) is 28.6. The maximum absolute atomic E-state index is 12.4. The summed E-state index contributed by atoms with van der Waals surface area (Å²) in [6.45, 7) is 5.69. The molecule has 0 bridgehead atoms. The lowest BCUT2D eigenvalue weighted by Crippen LogP contribution is -2.35. The van der Waals surface area contributed by atoms with Crippen molar-refractivity contribution in [2.45, 2.75) is 49.7 Å². The molecule has 2 rings (SSSR count). The molecule has 0 aliphatic rings. The van der Waals surface area contributed by atoms with Gasteiger partial charge in [0.15, 0.2) is 6.61 Å². The number of aryl methyl sites for hydroxylation is 1. The second-order valence-corrected chi connectivity index (χ2v) is 8.11. The van der Waals surface area contributed by atoms with Crippen molar-refractivity contribution >= 4 is 35.0 Å². The molecule has 0 aliphatic carbocycles. The van der Waals surface area contributed by atoms with Gasteiger partial charge in [0.1, 0.15) is 4.34 Å². The van der Waals surface area contributed by atoms with Crippen molar-refractivity contribution in [3.63, 3.8) is 0 Å². The van der Waals surface area contributed by atoms with E-state index in [0.717, 1.165) is 28.4 Å². The average molecular weight is 393 g/mol. The molecule has 26 heavy (non-hydrogen) atoms. The van der Waals surface area contributed by atoms with Gasteiger partial charge in [-0.25, -0.2) is 9.78 Å². The Morgan fingerprint density at radius 1 is 1.35 bits per heavy atom. The number of nitrogens with one attached hydrogen (secondary N) is 1. The zero-order valence-corrected chi connectivity index (χ0v) is 16.9. The number of thiazole rings is 1. The topological polar surface area (TPSA) is 68.3 Å². The molecule has 1 aromatic heterocycles. The number of nitrogens with zero attached hydrogens (tertiary/aromatic N) is 1. The Kier molecular flexibility index (Phi) is 8.12. The van der Waals surface area contributed by atoms with Gasteiger partial charge >= 0.3 is 5.97 Å². The molecule has 1 heterocycles. The number of aromatic nitrogens is 1. The number of ether oxygens (including phenoxy) is 1. The second-order valence-electron chi connectivity index (χ2n) is 6.03. The predicted molar refractivity (Wildman–Crippen MR) is 106 cm³/mol. The van der Waals surface area contributed by atoms with Crippen molar-refractivity contribution in [2.24, 2.45) is 0 Å². The van der Waals surface area contributed by atoms with Crippen molar-refractivity contribution in [1.82, 2.24) is 10.3 Å². The van der Waals surface area contributed by atoms with Gasteiger partial charge in [0.2, 0.25) is 0 Å². The lowest BCUT2D eigenvalue weighted by Gasteiger charge is -2.13. The molecule has 0 aliphatic heterocycles. The number of hydrogen-bond acceptors (Lipinski definition) is 6. The van der Waals surface area contributed by atoms with Crippen LogP contribution in [0.4, 0.5) is 0 Å². The lowest BCUT2D eigenvalue weighted by atomic mass is 10.1. The summed E-state index contributed by atoms with van der Waals surface area (Å²) >= 11 is 3.17. The van der Waals surface area contributed by atoms with Crippen LogP contribution >= 0.6 is 23.1 Å². The largest absolute Gasteiger partial charge is 0.452 e. The SMILES string of the molecule is CCCC(C)NC(=O)COC(=O)c1ccccc1CSc1nc(C)cs1. The van der Waals surface area contributed by atoms with Gasteiger partial charge in [-0.05, 0) is 31.9 Å². The van der Waals surface area contributed by atoms with E-state index in [1.54, 1.807) is 35.2 Å². The molecule has 5 nitrogen and oxygen atoms in total. The fraction of sp³-hybridized carbons (Fsp3) is 0.421. The molecule has 1 amide bonds. The first-order valence-corrected chi connectivity index (χ1v) is 10.5. The zero-order valence-electron chi connectivity index (χ0n) is 15.3. The number of carbonyl (C=O) groups excluding carboxylic acids is 2. The Morgan fingerprint density at radius 2 is 2.12 bits per heavy atom. The molecule has 0 spiro atoms. The first-order valence-electron chi connectivity index (χ1n) is 8.59. The van der Waals surface area contributed by atoms with E-state index in [2.05, 4.69) is 17.2 Å².